The third-order valence-corrected chi connectivity index (χ3v) is 2.63. The average molecular weight is 270 g/mol. The van der Waals surface area contributed by atoms with Crippen LogP contribution in [-0.4, -0.2) is 32.7 Å². The molecule has 0 bridgehead atoms. The van der Waals surface area contributed by atoms with Crippen LogP contribution in [0.1, 0.15) is 6.92 Å². The highest BCUT2D eigenvalue weighted by Gasteiger charge is 2.15. The third kappa shape index (κ3) is 2.30. The maximum atomic E-state index is 12.6. The molecular weight excluding hydrogens is 261 g/mol. The third-order valence-electron chi connectivity index (χ3n) is 2.36. The molecule has 0 aliphatic carbocycles. The van der Waals surface area contributed by atoms with E-state index in [-0.39, 0.29) is 11.1 Å². The van der Waals surface area contributed by atoms with Crippen LogP contribution >= 0.6 is 11.6 Å². The van der Waals surface area contributed by atoms with Crippen LogP contribution in [0.25, 0.3) is 5.69 Å². The molecule has 2 aromatic heterocycles. The zero-order valence-electron chi connectivity index (χ0n) is 9.63. The van der Waals surface area contributed by atoms with E-state index in [0.717, 1.165) is 0 Å². The van der Waals surface area contributed by atoms with Gasteiger partial charge in [-0.2, -0.15) is 9.49 Å². The fourth-order valence-electron chi connectivity index (χ4n) is 1.29. The van der Waals surface area contributed by atoms with Crippen LogP contribution in [0.2, 0.25) is 5.15 Å². The second-order valence-electron chi connectivity index (χ2n) is 3.54. The summed E-state index contributed by atoms with van der Waals surface area (Å²) in [5.74, 6) is -0.174. The van der Waals surface area contributed by atoms with Crippen molar-refractivity contribution in [1.29, 1.82) is 0 Å². The molecule has 0 fully saturated rings. The molecule has 0 unspecified atom stereocenters. The largest absolute Gasteiger partial charge is 0.312 e. The van der Waals surface area contributed by atoms with E-state index in [4.69, 9.17) is 11.6 Å². The summed E-state index contributed by atoms with van der Waals surface area (Å²) in [5.41, 5.74) is 0.898. The molecule has 0 aromatic carbocycles. The summed E-state index contributed by atoms with van der Waals surface area (Å²) in [6, 6.07) is 0. The van der Waals surface area contributed by atoms with Gasteiger partial charge in [0.25, 0.3) is 0 Å². The Kier molecular flexibility index (Phi) is 3.24. The Labute approximate surface area is 107 Å². The van der Waals surface area contributed by atoms with Gasteiger partial charge in [-0.05, 0) is 0 Å². The van der Waals surface area contributed by atoms with Gasteiger partial charge in [-0.25, -0.2) is 14.6 Å². The number of hydrogen-bond donors (Lipinski definition) is 0. The highest BCUT2D eigenvalue weighted by Crippen LogP contribution is 2.24. The molecule has 0 aliphatic heterocycles. The van der Waals surface area contributed by atoms with Crippen molar-refractivity contribution in [3.8, 4) is 5.69 Å². The zero-order valence-corrected chi connectivity index (χ0v) is 10.4. The Morgan fingerprint density at radius 3 is 2.61 bits per heavy atom. The smallest absolute Gasteiger partial charge is 0.308 e. The SMILES string of the molecule is CC(=O)N(C)c1cn(-c2cnc(F)nc2)nc1Cl. The Balaban J connectivity index is 2.40. The minimum atomic E-state index is -0.821. The molecule has 1 amide bonds. The summed E-state index contributed by atoms with van der Waals surface area (Å²) in [6.45, 7) is 1.41. The number of halogens is 2. The number of anilines is 1. The van der Waals surface area contributed by atoms with Gasteiger partial charge in [-0.3, -0.25) is 4.79 Å². The van der Waals surface area contributed by atoms with Crippen LogP contribution in [0, 0.1) is 6.08 Å². The fraction of sp³-hybridized carbons (Fsp3) is 0.200. The average Bonchev–Trinajstić information content (AvgIpc) is 2.71. The van der Waals surface area contributed by atoms with E-state index < -0.39 is 6.08 Å². The van der Waals surface area contributed by atoms with Crippen molar-refractivity contribution in [2.45, 2.75) is 6.92 Å². The Morgan fingerprint density at radius 2 is 2.06 bits per heavy atom. The maximum absolute atomic E-state index is 12.6. The molecule has 8 heteroatoms. The molecule has 0 saturated carbocycles. The first-order valence-corrected chi connectivity index (χ1v) is 5.34. The van der Waals surface area contributed by atoms with Gasteiger partial charge in [0.2, 0.25) is 5.91 Å². The van der Waals surface area contributed by atoms with E-state index >= 15 is 0 Å². The summed E-state index contributed by atoms with van der Waals surface area (Å²) >= 11 is 5.92. The van der Waals surface area contributed by atoms with Crippen molar-refractivity contribution in [2.75, 3.05) is 11.9 Å². The van der Waals surface area contributed by atoms with Gasteiger partial charge < -0.3 is 4.90 Å². The predicted molar refractivity (Wildman–Crippen MR) is 63.2 cm³/mol. The molecule has 94 valence electrons. The first-order valence-electron chi connectivity index (χ1n) is 4.96. The van der Waals surface area contributed by atoms with Gasteiger partial charge in [0, 0.05) is 14.0 Å². The van der Waals surface area contributed by atoms with Crippen molar-refractivity contribution in [3.05, 3.63) is 29.8 Å². The first-order chi connectivity index (χ1) is 8.49. The van der Waals surface area contributed by atoms with Gasteiger partial charge in [0.05, 0.1) is 18.6 Å². The highest BCUT2D eigenvalue weighted by molar-refractivity contribution is 6.32. The number of carbonyl (C=O) groups is 1. The van der Waals surface area contributed by atoms with Gasteiger partial charge in [0.1, 0.15) is 11.4 Å². The molecular formula is C10H9ClFN5O. The van der Waals surface area contributed by atoms with Gasteiger partial charge in [0.15, 0.2) is 5.15 Å². The van der Waals surface area contributed by atoms with Crippen LogP contribution in [-0.2, 0) is 4.79 Å². The maximum Gasteiger partial charge on any atom is 0.308 e. The number of nitrogens with zero attached hydrogens (tertiary/aromatic N) is 5. The second kappa shape index (κ2) is 4.69. The van der Waals surface area contributed by atoms with Crippen molar-refractivity contribution in [2.24, 2.45) is 0 Å². The molecule has 2 rings (SSSR count). The van der Waals surface area contributed by atoms with Crippen molar-refractivity contribution >= 4 is 23.2 Å². The summed E-state index contributed by atoms with van der Waals surface area (Å²) in [7, 11) is 1.58. The normalized spacial score (nSPS) is 10.4. The number of amides is 1. The minimum Gasteiger partial charge on any atom is -0.312 e. The monoisotopic (exact) mass is 269 g/mol. The number of rotatable bonds is 2. The van der Waals surface area contributed by atoms with Crippen LogP contribution < -0.4 is 4.90 Å². The van der Waals surface area contributed by atoms with E-state index in [9.17, 15) is 9.18 Å². The van der Waals surface area contributed by atoms with Crippen molar-refractivity contribution < 1.29 is 9.18 Å². The number of aromatic nitrogens is 4. The van der Waals surface area contributed by atoms with Crippen LogP contribution in [0.3, 0.4) is 0 Å². The predicted octanol–water partition coefficient (Wildman–Crippen LogP) is 1.44. The summed E-state index contributed by atoms with van der Waals surface area (Å²) in [4.78, 5) is 19.4. The second-order valence-corrected chi connectivity index (χ2v) is 3.90. The molecule has 0 radical (unpaired) electrons. The molecule has 0 aliphatic rings. The quantitative estimate of drug-likeness (QED) is 0.774. The lowest BCUT2D eigenvalue weighted by Crippen LogP contribution is -2.22. The summed E-state index contributed by atoms with van der Waals surface area (Å²) in [6.07, 6.45) is 3.25. The lowest BCUT2D eigenvalue weighted by Gasteiger charge is -2.11. The number of hydrogen-bond acceptors (Lipinski definition) is 4. The lowest BCUT2D eigenvalue weighted by atomic mass is 10.4. The van der Waals surface area contributed by atoms with Crippen LogP contribution in [0.4, 0.5) is 10.1 Å². The Bertz CT molecular complexity index is 582. The molecule has 0 N–H and O–H groups in total. The summed E-state index contributed by atoms with van der Waals surface area (Å²) < 4.78 is 14.0. The van der Waals surface area contributed by atoms with E-state index in [1.54, 1.807) is 13.2 Å². The topological polar surface area (TPSA) is 63.9 Å². The number of carbonyl (C=O) groups excluding carboxylic acids is 1. The summed E-state index contributed by atoms with van der Waals surface area (Å²) in [5, 5.41) is 4.16. The van der Waals surface area contributed by atoms with Gasteiger partial charge >= 0.3 is 6.08 Å². The first kappa shape index (κ1) is 12.4. The molecule has 18 heavy (non-hydrogen) atoms. The molecule has 2 aromatic rings. The van der Waals surface area contributed by atoms with Gasteiger partial charge in [-0.15, -0.1) is 0 Å². The lowest BCUT2D eigenvalue weighted by molar-refractivity contribution is -0.116. The van der Waals surface area contributed by atoms with E-state index in [0.29, 0.717) is 11.4 Å². The Hall–Kier alpha value is -2.02. The highest BCUT2D eigenvalue weighted by atomic mass is 35.5. The van der Waals surface area contributed by atoms with Crippen molar-refractivity contribution in [3.63, 3.8) is 0 Å². The van der Waals surface area contributed by atoms with Crippen molar-refractivity contribution in [1.82, 2.24) is 19.7 Å². The van der Waals surface area contributed by atoms with Gasteiger partial charge in [-0.1, -0.05) is 11.6 Å². The van der Waals surface area contributed by atoms with E-state index in [2.05, 4.69) is 15.1 Å². The Morgan fingerprint density at radius 1 is 1.44 bits per heavy atom. The fourth-order valence-corrected chi connectivity index (χ4v) is 1.55. The zero-order chi connectivity index (χ0) is 13.3. The van der Waals surface area contributed by atoms with Crippen LogP contribution in [0.5, 0.6) is 0 Å². The van der Waals surface area contributed by atoms with E-state index in [1.165, 1.54) is 28.9 Å². The minimum absolute atomic E-state index is 0.164. The molecule has 0 atom stereocenters. The standard InChI is InChI=1S/C10H9ClFN5O/c1-6(18)16(2)8-5-17(15-9(8)11)7-3-13-10(12)14-4-7/h3-5H,1-2H3. The molecule has 0 spiro atoms. The van der Waals surface area contributed by atoms with Crippen LogP contribution in [0.15, 0.2) is 18.6 Å². The van der Waals surface area contributed by atoms with E-state index in [1.807, 2.05) is 0 Å². The molecule has 6 nitrogen and oxygen atoms in total. The molecule has 0 saturated heterocycles. The molecule has 2 heterocycles.